The van der Waals surface area contributed by atoms with Gasteiger partial charge in [0, 0.05) is 61.3 Å². The Kier molecular flexibility index (Phi) is 31.8. The van der Waals surface area contributed by atoms with Gasteiger partial charge in [0.05, 0.1) is 18.2 Å². The number of carbonyl (C=O) groups is 8. The highest BCUT2D eigenvalue weighted by molar-refractivity contribution is 5.78. The van der Waals surface area contributed by atoms with E-state index in [2.05, 4.69) is 10.6 Å². The predicted molar refractivity (Wildman–Crippen MR) is 246 cm³/mol. The molecule has 0 spiro atoms. The Hall–Kier alpha value is -4.12. The molecule has 0 aliphatic carbocycles. The summed E-state index contributed by atoms with van der Waals surface area (Å²) >= 11 is 0. The molecule has 1 aliphatic rings. The molecule has 2 amide bonds. The number of nitrogens with one attached hydrogen (secondary N) is 2. The molecule has 0 aromatic carbocycles. The van der Waals surface area contributed by atoms with Gasteiger partial charge in [-0.05, 0) is 46.0 Å². The zero-order valence-electron chi connectivity index (χ0n) is 41.6. The first-order chi connectivity index (χ1) is 31.3. The normalized spacial score (nSPS) is 19.9. The van der Waals surface area contributed by atoms with Crippen LogP contribution in [0.4, 0.5) is 0 Å². The van der Waals surface area contributed by atoms with E-state index in [0.717, 1.165) is 104 Å². The lowest BCUT2D eigenvalue weighted by molar-refractivity contribution is -0.318. The number of amides is 2. The molecule has 1 heterocycles. The number of rotatable bonds is 36. The van der Waals surface area contributed by atoms with Crippen LogP contribution in [-0.2, 0) is 71.5 Å². The second kappa shape index (κ2) is 35.1. The number of carbonyl (C=O) groups excluding carboxylic acids is 8. The van der Waals surface area contributed by atoms with Crippen LogP contribution in [0.25, 0.3) is 0 Å². The molecule has 0 saturated carbocycles. The van der Waals surface area contributed by atoms with Gasteiger partial charge >= 0.3 is 29.8 Å². The Morgan fingerprint density at radius 1 is 0.455 bits per heavy atom. The van der Waals surface area contributed by atoms with Gasteiger partial charge in [-0.25, -0.2) is 0 Å². The van der Waals surface area contributed by atoms with Crippen LogP contribution in [0, 0.1) is 0 Å². The number of Topliss-reactive ketones (excluding diaryl/α,β-unsaturated/α-hetero) is 1. The van der Waals surface area contributed by atoms with Crippen molar-refractivity contribution >= 4 is 47.4 Å². The fourth-order valence-corrected chi connectivity index (χ4v) is 8.29. The highest BCUT2D eigenvalue weighted by Crippen LogP contribution is 2.32. The first kappa shape index (κ1) is 59.9. The van der Waals surface area contributed by atoms with E-state index in [9.17, 15) is 38.4 Å². The molecule has 0 aromatic rings. The summed E-state index contributed by atoms with van der Waals surface area (Å²) in [7, 11) is 0. The van der Waals surface area contributed by atoms with Gasteiger partial charge in [-0.15, -0.1) is 0 Å². The summed E-state index contributed by atoms with van der Waals surface area (Å²) in [6.07, 6.45) is 14.0. The van der Waals surface area contributed by atoms with Crippen molar-refractivity contribution in [2.24, 2.45) is 0 Å². The van der Waals surface area contributed by atoms with Crippen LogP contribution in [-0.4, -0.2) is 109 Å². The lowest BCUT2D eigenvalue weighted by Gasteiger charge is -2.45. The minimum atomic E-state index is -1.36. The van der Waals surface area contributed by atoms with Crippen molar-refractivity contribution in [2.45, 2.75) is 259 Å². The Balaban J connectivity index is 2.40. The first-order valence-corrected chi connectivity index (χ1v) is 24.5. The van der Waals surface area contributed by atoms with Crippen molar-refractivity contribution in [1.82, 2.24) is 10.6 Å². The molecule has 1 aliphatic heterocycles. The van der Waals surface area contributed by atoms with Gasteiger partial charge in [-0.2, -0.15) is 0 Å². The van der Waals surface area contributed by atoms with Crippen LogP contribution in [0.1, 0.15) is 204 Å². The number of unbranched alkanes of at least 4 members (excludes halogenated alkanes) is 16. The third-order valence-electron chi connectivity index (χ3n) is 11.4. The maximum absolute atomic E-state index is 12.4. The minimum Gasteiger partial charge on any atom is -0.463 e. The second-order valence-corrected chi connectivity index (χ2v) is 17.8. The van der Waals surface area contributed by atoms with Crippen molar-refractivity contribution in [3.63, 3.8) is 0 Å². The molecule has 17 nitrogen and oxygen atoms in total. The van der Waals surface area contributed by atoms with Crippen molar-refractivity contribution < 1.29 is 71.5 Å². The van der Waals surface area contributed by atoms with Crippen molar-refractivity contribution in [2.75, 3.05) is 6.61 Å². The van der Waals surface area contributed by atoms with Crippen molar-refractivity contribution in [3.05, 3.63) is 0 Å². The zero-order valence-corrected chi connectivity index (χ0v) is 41.6. The Labute approximate surface area is 393 Å². The number of esters is 5. The topological polar surface area (TPSA) is 225 Å². The van der Waals surface area contributed by atoms with E-state index in [-0.39, 0.29) is 36.5 Å². The molecule has 0 bridgehead atoms. The van der Waals surface area contributed by atoms with E-state index in [4.69, 9.17) is 33.2 Å². The third-order valence-corrected chi connectivity index (χ3v) is 11.4. The summed E-state index contributed by atoms with van der Waals surface area (Å²) in [5, 5.41) is 5.67. The van der Waals surface area contributed by atoms with Gasteiger partial charge in [0.15, 0.2) is 24.6 Å². The predicted octanol–water partition coefficient (Wildman–Crippen LogP) is 7.59. The summed E-state index contributed by atoms with van der Waals surface area (Å²) in [5.74, 6) is -3.20. The Morgan fingerprint density at radius 2 is 0.833 bits per heavy atom. The summed E-state index contributed by atoms with van der Waals surface area (Å²) < 4.78 is 39.7. The Bertz CT molecular complexity index is 1470. The smallest absolute Gasteiger partial charge is 0.303 e. The van der Waals surface area contributed by atoms with Crippen LogP contribution in [0.15, 0.2) is 0 Å². The van der Waals surface area contributed by atoms with Gasteiger partial charge in [-0.3, -0.25) is 38.4 Å². The number of hydrogen-bond donors (Lipinski definition) is 2. The van der Waals surface area contributed by atoms with Crippen LogP contribution in [0.3, 0.4) is 0 Å². The van der Waals surface area contributed by atoms with Crippen LogP contribution >= 0.6 is 0 Å². The maximum atomic E-state index is 12.4. The standard InChI is InChI=1S/C49H84N2O15/c1-33(50-35(3)52)43(61-38(6)55)30-26-23-19-18-21-25-29-42(59)28-24-20-16-14-12-10-11-13-15-17-22-27-31-44(34(2)51-36(4)53)65-49-48(64-41(9)58)47(63-40(8)57)46(62-39(7)56)45(66-49)32-60-37(5)54/h33-34,43-49H,10-32H2,1-9H3,(H,50,52)(H,51,53)/t33-,34-,43-,44-,45-,46+,47+,48-,49-/m1/s1. The molecule has 17 heteroatoms. The summed E-state index contributed by atoms with van der Waals surface area (Å²) in [5.41, 5.74) is 0. The quantitative estimate of drug-likeness (QED) is 0.0351. The summed E-state index contributed by atoms with van der Waals surface area (Å²) in [6, 6.07) is -0.704. The Morgan fingerprint density at radius 3 is 1.24 bits per heavy atom. The molecule has 1 rings (SSSR count). The lowest BCUT2D eigenvalue weighted by Crippen LogP contribution is -2.63. The van der Waals surface area contributed by atoms with E-state index in [1.54, 1.807) is 6.92 Å². The summed E-state index contributed by atoms with van der Waals surface area (Å²) in [6.45, 7) is 12.2. The average molecular weight is 941 g/mol. The number of ether oxygens (including phenoxy) is 7. The van der Waals surface area contributed by atoms with Crippen molar-refractivity contribution in [3.8, 4) is 0 Å². The fourth-order valence-electron chi connectivity index (χ4n) is 8.29. The van der Waals surface area contributed by atoms with E-state index in [0.29, 0.717) is 31.5 Å². The fraction of sp³-hybridized carbons (Fsp3) is 0.837. The van der Waals surface area contributed by atoms with E-state index < -0.39 is 66.7 Å². The van der Waals surface area contributed by atoms with Gasteiger partial charge < -0.3 is 43.8 Å². The third kappa shape index (κ3) is 28.8. The molecule has 0 unspecified atom stereocenters. The summed E-state index contributed by atoms with van der Waals surface area (Å²) in [4.78, 5) is 95.6. The van der Waals surface area contributed by atoms with E-state index >= 15 is 0 Å². The van der Waals surface area contributed by atoms with E-state index in [1.807, 2.05) is 6.92 Å². The van der Waals surface area contributed by atoms with Crippen LogP contribution in [0.5, 0.6) is 0 Å². The molecule has 9 atom stereocenters. The minimum absolute atomic E-state index is 0.141. The molecular weight excluding hydrogens is 857 g/mol. The van der Waals surface area contributed by atoms with Gasteiger partial charge in [0.25, 0.3) is 0 Å². The largest absolute Gasteiger partial charge is 0.463 e. The highest BCUT2D eigenvalue weighted by atomic mass is 16.7. The molecule has 1 saturated heterocycles. The van der Waals surface area contributed by atoms with Crippen molar-refractivity contribution in [1.29, 1.82) is 0 Å². The van der Waals surface area contributed by atoms with Gasteiger partial charge in [0.2, 0.25) is 11.8 Å². The SMILES string of the molecule is CC(=O)N[C@H](C)[C@@H](CCCCCCCCC(=O)CCCCCCCCCCCCCC[C@@H](O[C@@H]1O[C@H](COC(C)=O)[C@H](OC(C)=O)[C@H](OC(C)=O)[C@H]1OC(C)=O)[C@@H](C)NC(C)=O)OC(C)=O. The first-order valence-electron chi connectivity index (χ1n) is 24.5. The molecule has 0 aromatic heterocycles. The molecule has 66 heavy (non-hydrogen) atoms. The number of ketones is 1. The van der Waals surface area contributed by atoms with Crippen LogP contribution in [0.2, 0.25) is 0 Å². The maximum Gasteiger partial charge on any atom is 0.303 e. The van der Waals surface area contributed by atoms with Gasteiger partial charge in [0.1, 0.15) is 24.6 Å². The molecule has 2 N–H and O–H groups in total. The van der Waals surface area contributed by atoms with E-state index in [1.165, 1.54) is 60.3 Å². The zero-order chi connectivity index (χ0) is 49.4. The molecular formula is C49H84N2O15. The molecule has 1 fully saturated rings. The highest BCUT2D eigenvalue weighted by Gasteiger charge is 2.53. The lowest BCUT2D eigenvalue weighted by atomic mass is 9.97. The molecule has 380 valence electrons. The second-order valence-electron chi connectivity index (χ2n) is 17.8. The molecule has 0 radical (unpaired) electrons. The van der Waals surface area contributed by atoms with Crippen LogP contribution < -0.4 is 10.6 Å². The average Bonchev–Trinajstić information content (AvgIpc) is 3.21. The number of hydrogen-bond acceptors (Lipinski definition) is 15. The van der Waals surface area contributed by atoms with Gasteiger partial charge in [-0.1, -0.05) is 96.3 Å². The monoisotopic (exact) mass is 941 g/mol.